The van der Waals surface area contributed by atoms with Crippen molar-refractivity contribution < 1.29 is 0 Å². The van der Waals surface area contributed by atoms with E-state index >= 15 is 0 Å². The zero-order valence-electron chi connectivity index (χ0n) is 11.3. The third-order valence-corrected chi connectivity index (χ3v) is 3.65. The van der Waals surface area contributed by atoms with E-state index in [1.54, 1.807) is 0 Å². The van der Waals surface area contributed by atoms with Gasteiger partial charge in [-0.15, -0.1) is 0 Å². The maximum atomic E-state index is 4.56. The van der Waals surface area contributed by atoms with Crippen LogP contribution in [0.25, 0.3) is 11.1 Å². The molecular weight excluding hydrogens is 236 g/mol. The molecule has 4 heteroatoms. The predicted molar refractivity (Wildman–Crippen MR) is 78.5 cm³/mol. The standard InChI is InChI=1S/C15H20N4/c1-2-13-14(12-6-4-3-5-7-12)15(18-17-13)19-10-8-16-9-11-19/h3-7,16H,2,8-11H2,1H3,(H,17,18). The first-order valence-electron chi connectivity index (χ1n) is 6.98. The zero-order chi connectivity index (χ0) is 13.1. The molecule has 19 heavy (non-hydrogen) atoms. The number of benzene rings is 1. The Balaban J connectivity index is 2.03. The van der Waals surface area contributed by atoms with Crippen molar-refractivity contribution in [3.63, 3.8) is 0 Å². The lowest BCUT2D eigenvalue weighted by atomic mass is 10.0. The Hall–Kier alpha value is -1.81. The van der Waals surface area contributed by atoms with Gasteiger partial charge in [-0.1, -0.05) is 37.3 Å². The molecule has 0 bridgehead atoms. The number of nitrogens with one attached hydrogen (secondary N) is 2. The molecule has 1 fully saturated rings. The highest BCUT2D eigenvalue weighted by molar-refractivity contribution is 5.78. The molecule has 2 aromatic rings. The molecule has 0 spiro atoms. The van der Waals surface area contributed by atoms with Gasteiger partial charge in [-0.05, 0) is 12.0 Å². The van der Waals surface area contributed by atoms with Crippen LogP contribution in [0.3, 0.4) is 0 Å². The number of hydrogen-bond acceptors (Lipinski definition) is 3. The third kappa shape index (κ3) is 2.36. The van der Waals surface area contributed by atoms with Gasteiger partial charge < -0.3 is 10.2 Å². The first kappa shape index (κ1) is 12.2. The summed E-state index contributed by atoms with van der Waals surface area (Å²) in [5.41, 5.74) is 3.74. The quantitative estimate of drug-likeness (QED) is 0.883. The Morgan fingerprint density at radius 1 is 1.16 bits per heavy atom. The van der Waals surface area contributed by atoms with Crippen molar-refractivity contribution in [2.75, 3.05) is 31.1 Å². The second kappa shape index (κ2) is 5.45. The van der Waals surface area contributed by atoms with E-state index in [0.717, 1.165) is 38.4 Å². The highest BCUT2D eigenvalue weighted by Gasteiger charge is 2.20. The molecular formula is C15H20N4. The van der Waals surface area contributed by atoms with Gasteiger partial charge in [0.05, 0.1) is 0 Å². The van der Waals surface area contributed by atoms with E-state index in [1.165, 1.54) is 16.8 Å². The van der Waals surface area contributed by atoms with Crippen LogP contribution in [0.1, 0.15) is 12.6 Å². The third-order valence-electron chi connectivity index (χ3n) is 3.65. The molecule has 0 aliphatic carbocycles. The van der Waals surface area contributed by atoms with E-state index in [2.05, 4.69) is 57.7 Å². The Labute approximate surface area is 113 Å². The lowest BCUT2D eigenvalue weighted by molar-refractivity contribution is 0.585. The van der Waals surface area contributed by atoms with Crippen LogP contribution in [0.4, 0.5) is 5.82 Å². The molecule has 0 atom stereocenters. The van der Waals surface area contributed by atoms with Crippen molar-refractivity contribution >= 4 is 5.82 Å². The maximum absolute atomic E-state index is 4.56. The average molecular weight is 256 g/mol. The fraction of sp³-hybridized carbons (Fsp3) is 0.400. The van der Waals surface area contributed by atoms with Gasteiger partial charge in [0.2, 0.25) is 0 Å². The minimum absolute atomic E-state index is 0.976. The fourth-order valence-corrected chi connectivity index (χ4v) is 2.64. The van der Waals surface area contributed by atoms with Crippen LogP contribution in [0.5, 0.6) is 0 Å². The van der Waals surface area contributed by atoms with E-state index in [-0.39, 0.29) is 0 Å². The van der Waals surface area contributed by atoms with Crippen molar-refractivity contribution in [1.82, 2.24) is 15.5 Å². The van der Waals surface area contributed by atoms with Gasteiger partial charge in [-0.3, -0.25) is 5.10 Å². The summed E-state index contributed by atoms with van der Waals surface area (Å²) in [4.78, 5) is 2.37. The molecule has 1 aromatic heterocycles. The largest absolute Gasteiger partial charge is 0.352 e. The van der Waals surface area contributed by atoms with Gasteiger partial charge in [0.1, 0.15) is 0 Å². The molecule has 100 valence electrons. The van der Waals surface area contributed by atoms with Gasteiger partial charge in [0, 0.05) is 37.4 Å². The van der Waals surface area contributed by atoms with Gasteiger partial charge >= 0.3 is 0 Å². The van der Waals surface area contributed by atoms with Gasteiger partial charge in [-0.2, -0.15) is 5.10 Å². The Morgan fingerprint density at radius 2 is 1.89 bits per heavy atom. The molecule has 0 unspecified atom stereocenters. The first-order valence-corrected chi connectivity index (χ1v) is 6.98. The van der Waals surface area contributed by atoms with Crippen LogP contribution in [0, 0.1) is 0 Å². The van der Waals surface area contributed by atoms with Crippen LogP contribution in [-0.2, 0) is 6.42 Å². The van der Waals surface area contributed by atoms with E-state index in [9.17, 15) is 0 Å². The predicted octanol–water partition coefficient (Wildman–Crippen LogP) is 2.05. The molecule has 0 saturated carbocycles. The van der Waals surface area contributed by atoms with Crippen molar-refractivity contribution in [3.8, 4) is 11.1 Å². The molecule has 2 N–H and O–H groups in total. The Kier molecular flexibility index (Phi) is 3.51. The smallest absolute Gasteiger partial charge is 0.158 e. The van der Waals surface area contributed by atoms with Crippen molar-refractivity contribution in [2.24, 2.45) is 0 Å². The van der Waals surface area contributed by atoms with Crippen molar-refractivity contribution in [3.05, 3.63) is 36.0 Å². The van der Waals surface area contributed by atoms with Crippen molar-refractivity contribution in [1.29, 1.82) is 0 Å². The summed E-state index contributed by atoms with van der Waals surface area (Å²) < 4.78 is 0. The molecule has 4 nitrogen and oxygen atoms in total. The number of nitrogens with zero attached hydrogens (tertiary/aromatic N) is 2. The minimum Gasteiger partial charge on any atom is -0.352 e. The van der Waals surface area contributed by atoms with Crippen LogP contribution >= 0.6 is 0 Å². The number of hydrogen-bond donors (Lipinski definition) is 2. The van der Waals surface area contributed by atoms with E-state index in [4.69, 9.17) is 0 Å². The lowest BCUT2D eigenvalue weighted by Gasteiger charge is -2.28. The summed E-state index contributed by atoms with van der Waals surface area (Å²) in [5.74, 6) is 1.10. The highest BCUT2D eigenvalue weighted by atomic mass is 15.3. The van der Waals surface area contributed by atoms with Gasteiger partial charge in [0.25, 0.3) is 0 Å². The van der Waals surface area contributed by atoms with Gasteiger partial charge in [0.15, 0.2) is 5.82 Å². The molecule has 1 aromatic carbocycles. The monoisotopic (exact) mass is 256 g/mol. The number of aromatic amines is 1. The summed E-state index contributed by atoms with van der Waals surface area (Å²) in [5, 5.41) is 11.2. The van der Waals surface area contributed by atoms with E-state index < -0.39 is 0 Å². The van der Waals surface area contributed by atoms with Crippen LogP contribution in [0.2, 0.25) is 0 Å². The molecule has 0 radical (unpaired) electrons. The second-order valence-electron chi connectivity index (χ2n) is 4.86. The molecule has 1 aliphatic rings. The fourth-order valence-electron chi connectivity index (χ4n) is 2.64. The lowest BCUT2D eigenvalue weighted by Crippen LogP contribution is -2.43. The minimum atomic E-state index is 0.976. The summed E-state index contributed by atoms with van der Waals surface area (Å²) in [6, 6.07) is 10.6. The number of anilines is 1. The Bertz CT molecular complexity index is 526. The highest BCUT2D eigenvalue weighted by Crippen LogP contribution is 2.32. The number of aryl methyl sites for hydroxylation is 1. The maximum Gasteiger partial charge on any atom is 0.158 e. The number of H-pyrrole nitrogens is 1. The average Bonchev–Trinajstić information content (AvgIpc) is 2.93. The molecule has 1 saturated heterocycles. The Morgan fingerprint density at radius 3 is 2.58 bits per heavy atom. The summed E-state index contributed by atoms with van der Waals surface area (Å²) in [6.45, 7) is 6.27. The number of aromatic nitrogens is 2. The van der Waals surface area contributed by atoms with Gasteiger partial charge in [-0.25, -0.2) is 0 Å². The number of piperazine rings is 1. The van der Waals surface area contributed by atoms with Crippen LogP contribution < -0.4 is 10.2 Å². The zero-order valence-corrected chi connectivity index (χ0v) is 11.3. The molecule has 2 heterocycles. The SMILES string of the molecule is CCc1[nH]nc(N2CCNCC2)c1-c1ccccc1. The topological polar surface area (TPSA) is 44.0 Å². The summed E-state index contributed by atoms with van der Waals surface area (Å²) >= 11 is 0. The van der Waals surface area contributed by atoms with Crippen LogP contribution in [0.15, 0.2) is 30.3 Å². The normalized spacial score (nSPS) is 15.7. The molecule has 3 rings (SSSR count). The van der Waals surface area contributed by atoms with E-state index in [1.807, 2.05) is 0 Å². The van der Waals surface area contributed by atoms with Crippen LogP contribution in [-0.4, -0.2) is 36.4 Å². The molecule has 0 amide bonds. The number of rotatable bonds is 3. The van der Waals surface area contributed by atoms with E-state index in [0.29, 0.717) is 0 Å². The summed E-state index contributed by atoms with van der Waals surface area (Å²) in [7, 11) is 0. The molecule has 1 aliphatic heterocycles. The second-order valence-corrected chi connectivity index (χ2v) is 4.86. The first-order chi connectivity index (χ1) is 9.40. The van der Waals surface area contributed by atoms with Crippen molar-refractivity contribution in [2.45, 2.75) is 13.3 Å². The summed E-state index contributed by atoms with van der Waals surface area (Å²) in [6.07, 6.45) is 0.976.